The van der Waals surface area contributed by atoms with E-state index in [4.69, 9.17) is 0 Å². The summed E-state index contributed by atoms with van der Waals surface area (Å²) in [6, 6.07) is 0. The number of nitrogens with one attached hydrogen (secondary N) is 1. The van der Waals surface area contributed by atoms with E-state index >= 15 is 0 Å². The van der Waals surface area contributed by atoms with E-state index in [2.05, 4.69) is 33.1 Å². The van der Waals surface area contributed by atoms with Crippen LogP contribution in [0.25, 0.3) is 0 Å². The molecular weight excluding hydrogens is 134 g/mol. The van der Waals surface area contributed by atoms with Crippen LogP contribution in [0.15, 0.2) is 0 Å². The zero-order valence-electron chi connectivity index (χ0n) is 8.12. The van der Waals surface area contributed by atoms with E-state index in [1.165, 1.54) is 19.3 Å². The molecule has 0 aromatic carbocycles. The van der Waals surface area contributed by atoms with Gasteiger partial charge in [0.1, 0.15) is 0 Å². The Hall–Kier alpha value is -0.0400. The predicted molar refractivity (Wildman–Crippen MR) is 47.5 cm³/mol. The van der Waals surface area contributed by atoms with Crippen LogP contribution in [0, 0.1) is 10.8 Å². The third-order valence-electron chi connectivity index (χ3n) is 4.15. The third kappa shape index (κ3) is 0.703. The first kappa shape index (κ1) is 7.60. The molecule has 1 heteroatoms. The van der Waals surface area contributed by atoms with Crippen LogP contribution >= 0.6 is 0 Å². The molecule has 3 saturated carbocycles. The van der Waals surface area contributed by atoms with Crippen molar-refractivity contribution in [3.05, 3.63) is 0 Å². The molecule has 11 heavy (non-hydrogen) atoms. The summed E-state index contributed by atoms with van der Waals surface area (Å²) < 4.78 is 0. The van der Waals surface area contributed by atoms with Crippen LogP contribution in [0.3, 0.4) is 0 Å². The minimum absolute atomic E-state index is 0.533. The smallest absolute Gasteiger partial charge is 0.0195 e. The molecular formula is C10H19N. The van der Waals surface area contributed by atoms with E-state index in [0.29, 0.717) is 16.4 Å². The van der Waals surface area contributed by atoms with Crippen molar-refractivity contribution in [2.45, 2.75) is 45.6 Å². The van der Waals surface area contributed by atoms with Gasteiger partial charge in [-0.1, -0.05) is 20.8 Å². The minimum atomic E-state index is 0.533. The Morgan fingerprint density at radius 1 is 1.09 bits per heavy atom. The SMILES string of the molecule is CNC12CC(C(C)(C)C)(C1)C2. The lowest BCUT2D eigenvalue weighted by Crippen LogP contribution is -2.76. The van der Waals surface area contributed by atoms with Gasteiger partial charge in [-0.25, -0.2) is 0 Å². The molecule has 0 amide bonds. The molecule has 3 aliphatic carbocycles. The van der Waals surface area contributed by atoms with E-state index < -0.39 is 0 Å². The standard InChI is InChI=1S/C10H19N/c1-8(2,3)9-5-10(6-9,7-9)11-4/h11H,5-7H2,1-4H3. The lowest BCUT2D eigenvalue weighted by Gasteiger charge is -2.75. The molecule has 0 aromatic rings. The second-order valence-corrected chi connectivity index (χ2v) is 5.59. The van der Waals surface area contributed by atoms with Gasteiger partial charge < -0.3 is 5.32 Å². The van der Waals surface area contributed by atoms with Gasteiger partial charge in [0.15, 0.2) is 0 Å². The third-order valence-corrected chi connectivity index (χ3v) is 4.15. The van der Waals surface area contributed by atoms with Gasteiger partial charge >= 0.3 is 0 Å². The van der Waals surface area contributed by atoms with E-state index in [0.717, 1.165) is 0 Å². The fourth-order valence-corrected chi connectivity index (χ4v) is 2.85. The van der Waals surface area contributed by atoms with Crippen LogP contribution in [0.5, 0.6) is 0 Å². The maximum atomic E-state index is 3.44. The van der Waals surface area contributed by atoms with Gasteiger partial charge in [-0.3, -0.25) is 0 Å². The summed E-state index contributed by atoms with van der Waals surface area (Å²) in [4.78, 5) is 0. The van der Waals surface area contributed by atoms with E-state index in [9.17, 15) is 0 Å². The minimum Gasteiger partial charge on any atom is -0.314 e. The average molecular weight is 153 g/mol. The topological polar surface area (TPSA) is 12.0 Å². The Bertz CT molecular complexity index is 168. The van der Waals surface area contributed by atoms with Gasteiger partial charge in [-0.05, 0) is 37.1 Å². The normalized spacial score (nSPS) is 48.0. The quantitative estimate of drug-likeness (QED) is 0.609. The average Bonchev–Trinajstić information content (AvgIpc) is 1.53. The number of hydrogen-bond acceptors (Lipinski definition) is 1. The first-order valence-electron chi connectivity index (χ1n) is 4.62. The summed E-state index contributed by atoms with van der Waals surface area (Å²) in [6.45, 7) is 7.14. The van der Waals surface area contributed by atoms with Crippen LogP contribution in [-0.4, -0.2) is 12.6 Å². The summed E-state index contributed by atoms with van der Waals surface area (Å²) in [5.74, 6) is 0. The van der Waals surface area contributed by atoms with Crippen molar-refractivity contribution in [1.29, 1.82) is 0 Å². The van der Waals surface area contributed by atoms with Crippen LogP contribution in [0.1, 0.15) is 40.0 Å². The lowest BCUT2D eigenvalue weighted by atomic mass is 9.33. The second-order valence-electron chi connectivity index (χ2n) is 5.59. The molecule has 0 aromatic heterocycles. The van der Waals surface area contributed by atoms with Gasteiger partial charge in [0.05, 0.1) is 0 Å². The highest BCUT2D eigenvalue weighted by Gasteiger charge is 2.70. The van der Waals surface area contributed by atoms with Crippen LogP contribution in [0.2, 0.25) is 0 Å². The molecule has 2 bridgehead atoms. The molecule has 3 fully saturated rings. The molecule has 0 aliphatic heterocycles. The van der Waals surface area contributed by atoms with E-state index in [1.807, 2.05) is 0 Å². The Labute approximate surface area is 69.6 Å². The number of hydrogen-bond donors (Lipinski definition) is 1. The number of rotatable bonds is 1. The molecule has 0 spiro atoms. The molecule has 0 heterocycles. The first-order valence-corrected chi connectivity index (χ1v) is 4.62. The van der Waals surface area contributed by atoms with Gasteiger partial charge in [-0.15, -0.1) is 0 Å². The van der Waals surface area contributed by atoms with Crippen molar-refractivity contribution in [3.63, 3.8) is 0 Å². The monoisotopic (exact) mass is 153 g/mol. The van der Waals surface area contributed by atoms with Crippen molar-refractivity contribution in [3.8, 4) is 0 Å². The molecule has 3 rings (SSSR count). The Morgan fingerprint density at radius 3 is 1.82 bits per heavy atom. The lowest BCUT2D eigenvalue weighted by molar-refractivity contribution is -0.214. The fourth-order valence-electron chi connectivity index (χ4n) is 2.85. The summed E-state index contributed by atoms with van der Waals surface area (Å²) >= 11 is 0. The maximum Gasteiger partial charge on any atom is 0.0195 e. The molecule has 0 saturated heterocycles. The summed E-state index contributed by atoms with van der Waals surface area (Å²) in [5, 5.41) is 3.44. The van der Waals surface area contributed by atoms with Crippen molar-refractivity contribution < 1.29 is 0 Å². The summed E-state index contributed by atoms with van der Waals surface area (Å²) in [7, 11) is 2.10. The molecule has 64 valence electrons. The Morgan fingerprint density at radius 2 is 1.55 bits per heavy atom. The zero-order valence-corrected chi connectivity index (χ0v) is 8.12. The van der Waals surface area contributed by atoms with Gasteiger partial charge in [0.25, 0.3) is 0 Å². The van der Waals surface area contributed by atoms with Crippen LogP contribution < -0.4 is 5.32 Å². The highest BCUT2D eigenvalue weighted by molar-refractivity contribution is 5.25. The maximum absolute atomic E-state index is 3.44. The van der Waals surface area contributed by atoms with Gasteiger partial charge in [-0.2, -0.15) is 0 Å². The Kier molecular flexibility index (Phi) is 1.15. The highest BCUT2D eigenvalue weighted by atomic mass is 15.0. The molecule has 1 nitrogen and oxygen atoms in total. The van der Waals surface area contributed by atoms with Crippen molar-refractivity contribution in [2.75, 3.05) is 7.05 Å². The van der Waals surface area contributed by atoms with E-state index in [-0.39, 0.29) is 0 Å². The molecule has 0 unspecified atom stereocenters. The molecule has 0 atom stereocenters. The summed E-state index contributed by atoms with van der Waals surface area (Å²) in [5.41, 5.74) is 1.81. The molecule has 1 N–H and O–H groups in total. The predicted octanol–water partition coefficient (Wildman–Crippen LogP) is 2.17. The summed E-state index contributed by atoms with van der Waals surface area (Å²) in [6.07, 6.45) is 4.25. The van der Waals surface area contributed by atoms with Crippen molar-refractivity contribution in [1.82, 2.24) is 5.32 Å². The molecule has 0 radical (unpaired) electrons. The van der Waals surface area contributed by atoms with E-state index in [1.54, 1.807) is 0 Å². The zero-order chi connectivity index (χ0) is 8.33. The van der Waals surface area contributed by atoms with Crippen LogP contribution in [-0.2, 0) is 0 Å². The van der Waals surface area contributed by atoms with Crippen molar-refractivity contribution >= 4 is 0 Å². The van der Waals surface area contributed by atoms with Gasteiger partial charge in [0.2, 0.25) is 0 Å². The van der Waals surface area contributed by atoms with Crippen LogP contribution in [0.4, 0.5) is 0 Å². The molecule has 3 aliphatic rings. The Balaban J connectivity index is 2.04. The highest BCUT2D eigenvalue weighted by Crippen LogP contribution is 2.73. The van der Waals surface area contributed by atoms with Gasteiger partial charge in [0, 0.05) is 5.54 Å². The first-order chi connectivity index (χ1) is 4.93. The second kappa shape index (κ2) is 1.66. The largest absolute Gasteiger partial charge is 0.314 e. The van der Waals surface area contributed by atoms with Crippen molar-refractivity contribution in [2.24, 2.45) is 10.8 Å². The fraction of sp³-hybridized carbons (Fsp3) is 1.00.